The minimum atomic E-state index is -0.284. The van der Waals surface area contributed by atoms with Crippen molar-refractivity contribution in [2.45, 2.75) is 64.2 Å². The Morgan fingerprint density at radius 1 is 0.880 bits per heavy atom. The molecule has 3 fully saturated rings. The number of anilines is 1. The third kappa shape index (κ3) is 3.22. The number of rotatable bonds is 3. The standard InChI is InChI=1S/C20H31BN2O2/c1-19(2)20(3,4)25-21(24-19)16-8-10-18(11-9-16)23-14-12-22(13-15-23)17-6-5-7-17/h8-11,17H,5-7,12-15H2,1-4H3. The highest BCUT2D eigenvalue weighted by molar-refractivity contribution is 6.62. The van der Waals surface area contributed by atoms with E-state index in [0.29, 0.717) is 0 Å². The van der Waals surface area contributed by atoms with Crippen LogP contribution in [0.25, 0.3) is 0 Å². The summed E-state index contributed by atoms with van der Waals surface area (Å²) in [6, 6.07) is 9.64. The Morgan fingerprint density at radius 2 is 1.44 bits per heavy atom. The zero-order valence-electron chi connectivity index (χ0n) is 16.1. The van der Waals surface area contributed by atoms with E-state index in [1.807, 2.05) is 0 Å². The van der Waals surface area contributed by atoms with Gasteiger partial charge in [0.1, 0.15) is 0 Å². The first-order chi connectivity index (χ1) is 11.9. The maximum absolute atomic E-state index is 6.15. The molecule has 1 aliphatic carbocycles. The molecule has 0 N–H and O–H groups in total. The highest BCUT2D eigenvalue weighted by Gasteiger charge is 2.51. The molecule has 1 aromatic rings. The van der Waals surface area contributed by atoms with Crippen molar-refractivity contribution >= 4 is 18.3 Å². The predicted molar refractivity (Wildman–Crippen MR) is 104 cm³/mol. The fourth-order valence-electron chi connectivity index (χ4n) is 3.92. The summed E-state index contributed by atoms with van der Waals surface area (Å²) in [5, 5.41) is 0. The Hall–Kier alpha value is -1.04. The van der Waals surface area contributed by atoms with Crippen LogP contribution in [0, 0.1) is 0 Å². The van der Waals surface area contributed by atoms with Gasteiger partial charge in [-0.1, -0.05) is 18.6 Å². The fourth-order valence-corrected chi connectivity index (χ4v) is 3.92. The monoisotopic (exact) mass is 342 g/mol. The van der Waals surface area contributed by atoms with Crippen molar-refractivity contribution in [3.63, 3.8) is 0 Å². The molecule has 0 radical (unpaired) electrons. The van der Waals surface area contributed by atoms with Crippen molar-refractivity contribution in [2.75, 3.05) is 31.1 Å². The summed E-state index contributed by atoms with van der Waals surface area (Å²) in [6.07, 6.45) is 4.23. The second-order valence-corrected chi connectivity index (χ2v) is 8.79. The number of benzene rings is 1. The molecular weight excluding hydrogens is 311 g/mol. The quantitative estimate of drug-likeness (QED) is 0.789. The molecule has 136 valence electrons. The summed E-state index contributed by atoms with van der Waals surface area (Å²) >= 11 is 0. The van der Waals surface area contributed by atoms with E-state index < -0.39 is 0 Å². The smallest absolute Gasteiger partial charge is 0.399 e. The Kier molecular flexibility index (Phi) is 4.37. The van der Waals surface area contributed by atoms with Crippen molar-refractivity contribution in [1.82, 2.24) is 4.90 Å². The van der Waals surface area contributed by atoms with Gasteiger partial charge < -0.3 is 14.2 Å². The minimum Gasteiger partial charge on any atom is -0.399 e. The maximum atomic E-state index is 6.15. The molecule has 0 bridgehead atoms. The van der Waals surface area contributed by atoms with Crippen LogP contribution in [0.15, 0.2) is 24.3 Å². The van der Waals surface area contributed by atoms with Crippen LogP contribution >= 0.6 is 0 Å². The van der Waals surface area contributed by atoms with Crippen LogP contribution in [0.5, 0.6) is 0 Å². The first kappa shape index (κ1) is 17.4. The van der Waals surface area contributed by atoms with Gasteiger partial charge >= 0.3 is 7.12 Å². The Morgan fingerprint density at radius 3 is 1.92 bits per heavy atom. The van der Waals surface area contributed by atoms with Gasteiger partial charge in [-0.3, -0.25) is 4.90 Å². The molecule has 0 spiro atoms. The van der Waals surface area contributed by atoms with Crippen LogP contribution in [0.3, 0.4) is 0 Å². The lowest BCUT2D eigenvalue weighted by molar-refractivity contribution is 0.00578. The van der Waals surface area contributed by atoms with Crippen LogP contribution in [-0.2, 0) is 9.31 Å². The molecule has 0 amide bonds. The molecule has 3 aliphatic rings. The second-order valence-electron chi connectivity index (χ2n) is 8.79. The van der Waals surface area contributed by atoms with E-state index in [4.69, 9.17) is 9.31 Å². The van der Waals surface area contributed by atoms with Crippen molar-refractivity contribution in [1.29, 1.82) is 0 Å². The number of hydrogen-bond donors (Lipinski definition) is 0. The average Bonchev–Trinajstić information content (AvgIpc) is 2.75. The van der Waals surface area contributed by atoms with E-state index >= 15 is 0 Å². The van der Waals surface area contributed by atoms with E-state index in [9.17, 15) is 0 Å². The minimum absolute atomic E-state index is 0.269. The molecule has 0 unspecified atom stereocenters. The molecule has 0 atom stereocenters. The lowest BCUT2D eigenvalue weighted by atomic mass is 9.79. The van der Waals surface area contributed by atoms with Gasteiger partial charge in [0, 0.05) is 37.9 Å². The number of piperazine rings is 1. The highest BCUT2D eigenvalue weighted by Crippen LogP contribution is 2.36. The fraction of sp³-hybridized carbons (Fsp3) is 0.700. The Labute approximate surface area is 152 Å². The summed E-state index contributed by atoms with van der Waals surface area (Å²) in [5.41, 5.74) is 1.85. The van der Waals surface area contributed by atoms with E-state index in [1.54, 1.807) is 0 Å². The van der Waals surface area contributed by atoms with Gasteiger partial charge in [-0.15, -0.1) is 0 Å². The van der Waals surface area contributed by atoms with E-state index in [1.165, 1.54) is 38.0 Å². The third-order valence-electron chi connectivity index (χ3n) is 6.69. The summed E-state index contributed by atoms with van der Waals surface area (Å²) < 4.78 is 12.3. The summed E-state index contributed by atoms with van der Waals surface area (Å²) in [5.74, 6) is 0. The normalized spacial score (nSPS) is 26.7. The summed E-state index contributed by atoms with van der Waals surface area (Å²) in [6.45, 7) is 13.1. The van der Waals surface area contributed by atoms with Gasteiger partial charge in [-0.25, -0.2) is 0 Å². The van der Waals surface area contributed by atoms with Crippen molar-refractivity contribution in [3.8, 4) is 0 Å². The zero-order valence-corrected chi connectivity index (χ0v) is 16.1. The molecule has 1 saturated carbocycles. The van der Waals surface area contributed by atoms with Crippen LogP contribution < -0.4 is 10.4 Å². The predicted octanol–water partition coefficient (Wildman–Crippen LogP) is 2.66. The highest BCUT2D eigenvalue weighted by atomic mass is 16.7. The van der Waals surface area contributed by atoms with E-state index in [2.05, 4.69) is 61.8 Å². The second kappa shape index (κ2) is 6.29. The molecule has 2 aliphatic heterocycles. The lowest BCUT2D eigenvalue weighted by Crippen LogP contribution is -2.52. The third-order valence-corrected chi connectivity index (χ3v) is 6.69. The molecule has 1 aromatic carbocycles. The molecule has 2 saturated heterocycles. The van der Waals surface area contributed by atoms with Gasteiger partial charge in [0.25, 0.3) is 0 Å². The van der Waals surface area contributed by atoms with Gasteiger partial charge in [0.15, 0.2) is 0 Å². The van der Waals surface area contributed by atoms with Crippen LogP contribution in [-0.4, -0.2) is 55.4 Å². The van der Waals surface area contributed by atoms with Crippen LogP contribution in [0.4, 0.5) is 5.69 Å². The van der Waals surface area contributed by atoms with Crippen LogP contribution in [0.2, 0.25) is 0 Å². The van der Waals surface area contributed by atoms with Gasteiger partial charge in [0.05, 0.1) is 11.2 Å². The number of hydrogen-bond acceptors (Lipinski definition) is 4. The summed E-state index contributed by atoms with van der Waals surface area (Å²) in [4.78, 5) is 5.18. The number of nitrogens with zero attached hydrogens (tertiary/aromatic N) is 2. The SMILES string of the molecule is CC1(C)OB(c2ccc(N3CCN(C4CCC4)CC3)cc2)OC1(C)C. The largest absolute Gasteiger partial charge is 0.494 e. The molecule has 5 heteroatoms. The van der Waals surface area contributed by atoms with E-state index in [-0.39, 0.29) is 18.3 Å². The van der Waals surface area contributed by atoms with Gasteiger partial charge in [-0.05, 0) is 58.1 Å². The molecule has 4 rings (SSSR count). The average molecular weight is 342 g/mol. The topological polar surface area (TPSA) is 24.9 Å². The first-order valence-corrected chi connectivity index (χ1v) is 9.80. The maximum Gasteiger partial charge on any atom is 0.494 e. The van der Waals surface area contributed by atoms with E-state index in [0.717, 1.165) is 24.6 Å². The molecule has 4 nitrogen and oxygen atoms in total. The van der Waals surface area contributed by atoms with Crippen molar-refractivity contribution in [3.05, 3.63) is 24.3 Å². The summed E-state index contributed by atoms with van der Waals surface area (Å²) in [7, 11) is -0.269. The van der Waals surface area contributed by atoms with Gasteiger partial charge in [-0.2, -0.15) is 0 Å². The molecular formula is C20H31BN2O2. The first-order valence-electron chi connectivity index (χ1n) is 9.80. The zero-order chi connectivity index (χ0) is 17.7. The lowest BCUT2D eigenvalue weighted by Gasteiger charge is -2.43. The van der Waals surface area contributed by atoms with Crippen molar-refractivity contribution < 1.29 is 9.31 Å². The van der Waals surface area contributed by atoms with Gasteiger partial charge in [0.2, 0.25) is 0 Å². The van der Waals surface area contributed by atoms with Crippen LogP contribution in [0.1, 0.15) is 47.0 Å². The Balaban J connectivity index is 1.38. The van der Waals surface area contributed by atoms with Crippen molar-refractivity contribution in [2.24, 2.45) is 0 Å². The molecule has 25 heavy (non-hydrogen) atoms. The molecule has 2 heterocycles. The molecule has 0 aromatic heterocycles. The Bertz CT molecular complexity index is 589.